The lowest BCUT2D eigenvalue weighted by Gasteiger charge is -2.28. The Morgan fingerprint density at radius 2 is 1.23 bits per heavy atom. The maximum Gasteiger partial charge on any atom is 0.162 e. The van der Waals surface area contributed by atoms with Crippen molar-refractivity contribution < 1.29 is 0 Å². The largest absolute Gasteiger partial charge is 0.294 e. The monoisotopic (exact) mass is 651 g/mol. The van der Waals surface area contributed by atoms with E-state index in [1.54, 1.807) is 0 Å². The van der Waals surface area contributed by atoms with Gasteiger partial charge in [-0.05, 0) is 58.7 Å². The Balaban J connectivity index is 1.23. The van der Waals surface area contributed by atoms with Crippen molar-refractivity contribution in [1.82, 2.24) is 14.5 Å². The van der Waals surface area contributed by atoms with E-state index in [9.17, 15) is 0 Å². The van der Waals surface area contributed by atoms with Crippen molar-refractivity contribution >= 4 is 45.3 Å². The lowest BCUT2D eigenvalue weighted by molar-refractivity contribution is 0.643. The summed E-state index contributed by atoms with van der Waals surface area (Å²) < 4.78 is 2.35. The van der Waals surface area contributed by atoms with Gasteiger partial charge in [-0.15, -0.1) is 0 Å². The second-order valence-corrected chi connectivity index (χ2v) is 15.2. The molecule has 0 spiro atoms. The second kappa shape index (κ2) is 10.4. The van der Waals surface area contributed by atoms with Gasteiger partial charge in [-0.2, -0.15) is 0 Å². The molecule has 0 unspecified atom stereocenters. The fraction of sp³-hybridized carbons (Fsp3) is 0.0698. The maximum absolute atomic E-state index is 5.27. The van der Waals surface area contributed by atoms with Gasteiger partial charge in [0.15, 0.2) is 5.82 Å². The first-order valence-electron chi connectivity index (χ1n) is 16.3. The van der Waals surface area contributed by atoms with E-state index in [1.807, 2.05) is 47.8 Å². The van der Waals surface area contributed by atoms with Crippen molar-refractivity contribution in [2.75, 3.05) is 0 Å². The molecule has 0 saturated heterocycles. The third-order valence-corrected chi connectivity index (χ3v) is 12.4. The number of aromatic nitrogens is 3. The van der Waals surface area contributed by atoms with Crippen LogP contribution in [0.2, 0.25) is 0 Å². The quantitative estimate of drug-likeness (QED) is 0.190. The molecule has 0 bridgehead atoms. The van der Waals surface area contributed by atoms with E-state index >= 15 is 0 Å². The molecule has 5 heteroatoms. The van der Waals surface area contributed by atoms with Crippen LogP contribution in [0.25, 0.3) is 61.4 Å². The summed E-state index contributed by atoms with van der Waals surface area (Å²) in [6, 6.07) is 49.9. The number of rotatable bonds is 3. The van der Waals surface area contributed by atoms with Crippen LogP contribution in [-0.2, 0) is 5.41 Å². The first kappa shape index (κ1) is 28.0. The normalized spacial score (nSPS) is 14.0. The van der Waals surface area contributed by atoms with Gasteiger partial charge in [0, 0.05) is 53.0 Å². The van der Waals surface area contributed by atoms with Crippen LogP contribution in [0.4, 0.5) is 0 Å². The van der Waals surface area contributed by atoms with E-state index in [0.717, 1.165) is 33.7 Å². The molecule has 0 fully saturated rings. The highest BCUT2D eigenvalue weighted by atomic mass is 32.2. The topological polar surface area (TPSA) is 30.7 Å². The number of benzene rings is 6. The standard InChI is InChI=1S/C43H29N3S2/c1-43(2)32-24-35-31(23-30(32)29-21-22-38-41(40(29)43)48-37-20-12-11-19-36(37)47-38)28-17-9-10-18-34(28)46(35)39-25-33(26-13-5-3-6-14-26)44-42(45-39)27-15-7-4-8-16-27/h3-25H,1-2H3. The molecule has 3 heterocycles. The van der Waals surface area contributed by atoms with Gasteiger partial charge in [-0.25, -0.2) is 9.97 Å². The Hall–Kier alpha value is -5.10. The molecule has 48 heavy (non-hydrogen) atoms. The maximum atomic E-state index is 5.27. The molecule has 228 valence electrons. The molecule has 2 aromatic heterocycles. The molecule has 0 saturated carbocycles. The average molecular weight is 652 g/mol. The average Bonchev–Trinajstić information content (AvgIpc) is 3.58. The zero-order valence-electron chi connectivity index (χ0n) is 26.4. The van der Waals surface area contributed by atoms with Crippen molar-refractivity contribution in [3.63, 3.8) is 0 Å². The molecule has 8 aromatic rings. The van der Waals surface area contributed by atoms with Crippen LogP contribution in [0.3, 0.4) is 0 Å². The molecular formula is C43H29N3S2. The third kappa shape index (κ3) is 4.11. The van der Waals surface area contributed by atoms with Gasteiger partial charge in [0.1, 0.15) is 5.82 Å². The Morgan fingerprint density at radius 1 is 0.542 bits per heavy atom. The summed E-state index contributed by atoms with van der Waals surface area (Å²) in [7, 11) is 0. The molecule has 2 aliphatic rings. The molecule has 3 nitrogen and oxygen atoms in total. The highest BCUT2D eigenvalue weighted by molar-refractivity contribution is 8.05. The SMILES string of the molecule is CC1(C)c2cc3c(cc2-c2ccc4c(c21)Sc1ccccc1S4)c1ccccc1n3-c1cc(-c2ccccc2)nc(-c2ccccc2)n1. The number of fused-ring (bicyclic) bond motifs is 9. The zero-order chi connectivity index (χ0) is 32.0. The van der Waals surface area contributed by atoms with E-state index in [2.05, 4.69) is 134 Å². The van der Waals surface area contributed by atoms with E-state index in [-0.39, 0.29) is 5.41 Å². The number of hydrogen-bond acceptors (Lipinski definition) is 4. The van der Waals surface area contributed by atoms with Crippen LogP contribution in [0.1, 0.15) is 25.0 Å². The minimum absolute atomic E-state index is 0.179. The van der Waals surface area contributed by atoms with Crippen molar-refractivity contribution in [1.29, 1.82) is 0 Å². The van der Waals surface area contributed by atoms with E-state index in [0.29, 0.717) is 5.82 Å². The van der Waals surface area contributed by atoms with Crippen molar-refractivity contribution in [3.8, 4) is 39.6 Å². The lowest BCUT2D eigenvalue weighted by atomic mass is 9.82. The minimum Gasteiger partial charge on any atom is -0.294 e. The van der Waals surface area contributed by atoms with Crippen molar-refractivity contribution in [2.45, 2.75) is 38.8 Å². The summed E-state index contributed by atoms with van der Waals surface area (Å²) in [5.41, 5.74) is 10.6. The first-order valence-corrected chi connectivity index (χ1v) is 17.9. The van der Waals surface area contributed by atoms with Gasteiger partial charge in [0.05, 0.1) is 16.7 Å². The summed E-state index contributed by atoms with van der Waals surface area (Å²) >= 11 is 3.82. The van der Waals surface area contributed by atoms with Gasteiger partial charge < -0.3 is 0 Å². The Labute approximate surface area is 287 Å². The predicted molar refractivity (Wildman–Crippen MR) is 199 cm³/mol. The molecule has 1 aliphatic carbocycles. The molecule has 6 aromatic carbocycles. The fourth-order valence-electron chi connectivity index (χ4n) is 7.60. The number of hydrogen-bond donors (Lipinski definition) is 0. The smallest absolute Gasteiger partial charge is 0.162 e. The summed E-state index contributed by atoms with van der Waals surface area (Å²) in [5, 5.41) is 2.46. The van der Waals surface area contributed by atoms with Crippen molar-refractivity contribution in [2.24, 2.45) is 0 Å². The van der Waals surface area contributed by atoms with Gasteiger partial charge in [0.2, 0.25) is 0 Å². The Morgan fingerprint density at radius 3 is 2.02 bits per heavy atom. The summed E-state index contributed by atoms with van der Waals surface area (Å²) in [6.45, 7) is 4.79. The van der Waals surface area contributed by atoms with E-state index in [1.165, 1.54) is 52.6 Å². The van der Waals surface area contributed by atoms with Crippen molar-refractivity contribution in [3.05, 3.63) is 151 Å². The number of nitrogens with zero attached hydrogens (tertiary/aromatic N) is 3. The third-order valence-electron chi connectivity index (χ3n) is 9.85. The van der Waals surface area contributed by atoms with E-state index < -0.39 is 0 Å². The van der Waals surface area contributed by atoms with Gasteiger partial charge >= 0.3 is 0 Å². The number of para-hydroxylation sites is 1. The molecule has 10 rings (SSSR count). The highest BCUT2D eigenvalue weighted by Crippen LogP contribution is 2.59. The Kier molecular flexibility index (Phi) is 6.09. The molecule has 0 N–H and O–H groups in total. The van der Waals surface area contributed by atoms with Crippen LogP contribution in [-0.4, -0.2) is 14.5 Å². The molecule has 1 aliphatic heterocycles. The fourth-order valence-corrected chi connectivity index (χ4v) is 10.2. The van der Waals surface area contributed by atoms with Gasteiger partial charge in [-0.3, -0.25) is 4.57 Å². The second-order valence-electron chi connectivity index (χ2n) is 13.0. The summed E-state index contributed by atoms with van der Waals surface area (Å²) in [4.78, 5) is 15.8. The predicted octanol–water partition coefficient (Wildman–Crippen LogP) is 11.8. The molecule has 0 amide bonds. The van der Waals surface area contributed by atoms with Gasteiger partial charge in [-0.1, -0.05) is 134 Å². The summed E-state index contributed by atoms with van der Waals surface area (Å²) in [6.07, 6.45) is 0. The zero-order valence-corrected chi connectivity index (χ0v) is 28.1. The Bertz CT molecular complexity index is 2530. The van der Waals surface area contributed by atoms with Crippen LogP contribution >= 0.6 is 23.5 Å². The molecule has 0 radical (unpaired) electrons. The van der Waals surface area contributed by atoms with E-state index in [4.69, 9.17) is 9.97 Å². The van der Waals surface area contributed by atoms with Gasteiger partial charge in [0.25, 0.3) is 0 Å². The highest BCUT2D eigenvalue weighted by Gasteiger charge is 2.40. The lowest BCUT2D eigenvalue weighted by Crippen LogP contribution is -2.17. The summed E-state index contributed by atoms with van der Waals surface area (Å²) in [5.74, 6) is 1.58. The van der Waals surface area contributed by atoms with Crippen LogP contribution in [0.15, 0.2) is 159 Å². The molecule has 0 atom stereocenters. The minimum atomic E-state index is -0.179. The first-order chi connectivity index (χ1) is 23.5. The molecular weight excluding hydrogens is 623 g/mol. The van der Waals surface area contributed by atoms with Crippen LogP contribution < -0.4 is 0 Å². The van der Waals surface area contributed by atoms with Crippen LogP contribution in [0.5, 0.6) is 0 Å². The van der Waals surface area contributed by atoms with Crippen LogP contribution in [0, 0.1) is 0 Å².